The van der Waals surface area contributed by atoms with Crippen molar-refractivity contribution in [3.63, 3.8) is 0 Å². The molecule has 0 amide bonds. The third-order valence-electron chi connectivity index (χ3n) is 4.42. The summed E-state index contributed by atoms with van der Waals surface area (Å²) in [5, 5.41) is -0.344. The smallest absolute Gasteiger partial charge is 0.222 e. The molecule has 0 aliphatic carbocycles. The van der Waals surface area contributed by atoms with E-state index in [0.717, 1.165) is 26.1 Å². The van der Waals surface area contributed by atoms with Gasteiger partial charge in [0.2, 0.25) is 10.0 Å². The normalized spacial score (nSPS) is 34.8. The maximum absolute atomic E-state index is 12.6. The van der Waals surface area contributed by atoms with Crippen LogP contribution in [0.5, 0.6) is 0 Å². The largest absolute Gasteiger partial charge is 0.378 e. The van der Waals surface area contributed by atoms with Crippen LogP contribution in [0.25, 0.3) is 0 Å². The standard InChI is InChI=1S/C12H22N2O4S/c1-2-13-4-3-12-11(7-13)14(5-6-18-12)19(15,16)10-8-17-9-10/h10-12H,2-9H2,1H3/t11-,12+/m0/s1. The van der Waals surface area contributed by atoms with E-state index in [0.29, 0.717) is 26.4 Å². The fourth-order valence-electron chi connectivity index (χ4n) is 3.09. The molecule has 110 valence electrons. The van der Waals surface area contributed by atoms with Crippen molar-refractivity contribution in [3.8, 4) is 0 Å². The number of piperidine rings is 1. The quantitative estimate of drug-likeness (QED) is 0.702. The molecule has 3 aliphatic rings. The summed E-state index contributed by atoms with van der Waals surface area (Å²) in [4.78, 5) is 2.30. The number of sulfonamides is 1. The van der Waals surface area contributed by atoms with Gasteiger partial charge in [0.1, 0.15) is 5.25 Å². The molecular weight excluding hydrogens is 268 g/mol. The van der Waals surface area contributed by atoms with Gasteiger partial charge in [-0.05, 0) is 13.0 Å². The van der Waals surface area contributed by atoms with Crippen LogP contribution in [0.2, 0.25) is 0 Å². The number of hydrogen-bond donors (Lipinski definition) is 0. The Labute approximate surface area is 114 Å². The summed E-state index contributed by atoms with van der Waals surface area (Å²) >= 11 is 0. The molecule has 3 heterocycles. The number of likely N-dealkylation sites (tertiary alicyclic amines) is 1. The second-order valence-corrected chi connectivity index (χ2v) is 7.64. The first-order chi connectivity index (χ1) is 9.13. The highest BCUT2D eigenvalue weighted by Gasteiger charge is 2.46. The van der Waals surface area contributed by atoms with E-state index < -0.39 is 10.0 Å². The zero-order valence-electron chi connectivity index (χ0n) is 11.3. The van der Waals surface area contributed by atoms with Gasteiger partial charge in [0.15, 0.2) is 0 Å². The van der Waals surface area contributed by atoms with Crippen molar-refractivity contribution >= 4 is 10.0 Å². The van der Waals surface area contributed by atoms with Gasteiger partial charge in [-0.15, -0.1) is 0 Å². The van der Waals surface area contributed by atoms with Crippen molar-refractivity contribution in [1.82, 2.24) is 9.21 Å². The molecule has 0 aromatic heterocycles. The summed E-state index contributed by atoms with van der Waals surface area (Å²) in [6.45, 7) is 6.54. The van der Waals surface area contributed by atoms with Gasteiger partial charge >= 0.3 is 0 Å². The Balaban J connectivity index is 1.79. The van der Waals surface area contributed by atoms with Crippen molar-refractivity contribution in [1.29, 1.82) is 0 Å². The first-order valence-corrected chi connectivity index (χ1v) is 8.55. The number of nitrogens with zero attached hydrogens (tertiary/aromatic N) is 2. The highest BCUT2D eigenvalue weighted by atomic mass is 32.2. The average Bonchev–Trinajstić information content (AvgIpc) is 2.34. The lowest BCUT2D eigenvalue weighted by molar-refractivity contribution is -0.0766. The summed E-state index contributed by atoms with van der Waals surface area (Å²) in [6.07, 6.45) is 0.985. The molecule has 0 bridgehead atoms. The summed E-state index contributed by atoms with van der Waals surface area (Å²) < 4.78 is 37.7. The van der Waals surface area contributed by atoms with E-state index in [9.17, 15) is 8.42 Å². The first-order valence-electron chi connectivity index (χ1n) is 7.05. The maximum Gasteiger partial charge on any atom is 0.222 e. The van der Waals surface area contributed by atoms with Gasteiger partial charge in [-0.25, -0.2) is 8.42 Å². The van der Waals surface area contributed by atoms with Gasteiger partial charge in [-0.1, -0.05) is 6.92 Å². The lowest BCUT2D eigenvalue weighted by Crippen LogP contribution is -2.64. The number of likely N-dealkylation sites (N-methyl/N-ethyl adjacent to an activating group) is 1. The van der Waals surface area contributed by atoms with Crippen LogP contribution in [-0.4, -0.2) is 81.0 Å². The molecule has 0 spiro atoms. The van der Waals surface area contributed by atoms with E-state index in [1.807, 2.05) is 0 Å². The van der Waals surface area contributed by atoms with Crippen LogP contribution in [0.4, 0.5) is 0 Å². The first kappa shape index (κ1) is 13.8. The van der Waals surface area contributed by atoms with Gasteiger partial charge < -0.3 is 14.4 Å². The molecule has 0 N–H and O–H groups in total. The van der Waals surface area contributed by atoms with Crippen LogP contribution < -0.4 is 0 Å². The van der Waals surface area contributed by atoms with Crippen LogP contribution in [0.1, 0.15) is 13.3 Å². The minimum absolute atomic E-state index is 0.0203. The van der Waals surface area contributed by atoms with Gasteiger partial charge in [-0.3, -0.25) is 0 Å². The van der Waals surface area contributed by atoms with Gasteiger partial charge in [0, 0.05) is 19.6 Å². The highest BCUT2D eigenvalue weighted by Crippen LogP contribution is 2.28. The van der Waals surface area contributed by atoms with Crippen molar-refractivity contribution in [2.45, 2.75) is 30.7 Å². The predicted octanol–water partition coefficient (Wildman–Crippen LogP) is -0.490. The molecule has 7 heteroatoms. The Kier molecular flexibility index (Phi) is 3.83. The van der Waals surface area contributed by atoms with Crippen LogP contribution >= 0.6 is 0 Å². The molecule has 3 rings (SSSR count). The molecule has 3 fully saturated rings. The number of hydrogen-bond acceptors (Lipinski definition) is 5. The Morgan fingerprint density at radius 1 is 1.26 bits per heavy atom. The van der Waals surface area contributed by atoms with E-state index in [4.69, 9.17) is 9.47 Å². The van der Waals surface area contributed by atoms with E-state index in [1.165, 1.54) is 0 Å². The lowest BCUT2D eigenvalue weighted by Gasteiger charge is -2.47. The summed E-state index contributed by atoms with van der Waals surface area (Å²) in [5.41, 5.74) is 0. The molecule has 0 saturated carbocycles. The molecule has 19 heavy (non-hydrogen) atoms. The van der Waals surface area contributed by atoms with E-state index in [-0.39, 0.29) is 17.4 Å². The molecule has 2 atom stereocenters. The Hall–Kier alpha value is -0.210. The number of fused-ring (bicyclic) bond motifs is 1. The molecule has 0 aromatic carbocycles. The van der Waals surface area contributed by atoms with E-state index >= 15 is 0 Å². The monoisotopic (exact) mass is 290 g/mol. The Morgan fingerprint density at radius 2 is 2.05 bits per heavy atom. The molecule has 3 aliphatic heterocycles. The molecule has 0 aromatic rings. The highest BCUT2D eigenvalue weighted by molar-refractivity contribution is 7.89. The number of morpholine rings is 1. The summed E-state index contributed by atoms with van der Waals surface area (Å²) in [6, 6.07) is -0.0203. The molecular formula is C12H22N2O4S. The Bertz CT molecular complexity index is 423. The Morgan fingerprint density at radius 3 is 2.68 bits per heavy atom. The molecule has 0 unspecified atom stereocenters. The minimum Gasteiger partial charge on any atom is -0.378 e. The van der Waals surface area contributed by atoms with Crippen LogP contribution in [0.15, 0.2) is 0 Å². The van der Waals surface area contributed by atoms with E-state index in [2.05, 4.69) is 11.8 Å². The van der Waals surface area contributed by atoms with Crippen molar-refractivity contribution in [2.75, 3.05) is 46.0 Å². The van der Waals surface area contributed by atoms with E-state index in [1.54, 1.807) is 4.31 Å². The van der Waals surface area contributed by atoms with Crippen molar-refractivity contribution in [2.24, 2.45) is 0 Å². The summed E-state index contributed by atoms with van der Waals surface area (Å²) in [7, 11) is -3.23. The van der Waals surface area contributed by atoms with Crippen LogP contribution in [0.3, 0.4) is 0 Å². The fraction of sp³-hybridized carbons (Fsp3) is 1.00. The molecule has 0 radical (unpaired) electrons. The number of ether oxygens (including phenoxy) is 2. The third kappa shape index (κ3) is 2.42. The van der Waals surface area contributed by atoms with Gasteiger partial charge in [0.05, 0.1) is 32.0 Å². The zero-order valence-corrected chi connectivity index (χ0v) is 12.1. The molecule has 3 saturated heterocycles. The van der Waals surface area contributed by atoms with Gasteiger partial charge in [-0.2, -0.15) is 4.31 Å². The third-order valence-corrected chi connectivity index (χ3v) is 6.64. The predicted molar refractivity (Wildman–Crippen MR) is 70.5 cm³/mol. The van der Waals surface area contributed by atoms with Crippen LogP contribution in [-0.2, 0) is 19.5 Å². The topological polar surface area (TPSA) is 59.1 Å². The fourth-order valence-corrected chi connectivity index (χ4v) is 4.92. The van der Waals surface area contributed by atoms with Crippen molar-refractivity contribution < 1.29 is 17.9 Å². The average molecular weight is 290 g/mol. The lowest BCUT2D eigenvalue weighted by atomic mass is 10.0. The van der Waals surface area contributed by atoms with Crippen molar-refractivity contribution in [3.05, 3.63) is 0 Å². The number of rotatable bonds is 3. The SMILES string of the molecule is CCN1CC[C@H]2OCCN(S(=O)(=O)C3COC3)[C@H]2C1. The van der Waals surface area contributed by atoms with Gasteiger partial charge in [0.25, 0.3) is 0 Å². The van der Waals surface area contributed by atoms with Crippen LogP contribution in [0, 0.1) is 0 Å². The summed E-state index contributed by atoms with van der Waals surface area (Å²) in [5.74, 6) is 0. The second kappa shape index (κ2) is 5.29. The second-order valence-electron chi connectivity index (χ2n) is 5.47. The maximum atomic E-state index is 12.6. The molecule has 6 nitrogen and oxygen atoms in total. The minimum atomic E-state index is -3.23. The zero-order chi connectivity index (χ0) is 13.5.